The first-order chi connectivity index (χ1) is 8.10. The molecule has 0 saturated carbocycles. The summed E-state index contributed by atoms with van der Waals surface area (Å²) in [6, 6.07) is 3.88. The monoisotopic (exact) mass is 235 g/mol. The molecule has 0 bridgehead atoms. The number of ether oxygens (including phenoxy) is 1. The number of rotatable bonds is 5. The van der Waals surface area contributed by atoms with Crippen LogP contribution in [0.5, 0.6) is 5.75 Å². The summed E-state index contributed by atoms with van der Waals surface area (Å²) >= 11 is 0. The summed E-state index contributed by atoms with van der Waals surface area (Å²) in [5.41, 5.74) is 2.69. The fourth-order valence-electron chi connectivity index (χ4n) is 1.87. The van der Waals surface area contributed by atoms with E-state index < -0.39 is 0 Å². The van der Waals surface area contributed by atoms with Crippen LogP contribution >= 0.6 is 0 Å². The Morgan fingerprint density at radius 2 is 2.06 bits per heavy atom. The molecule has 0 aliphatic heterocycles. The molecule has 1 amide bonds. The number of hydrogen-bond acceptors (Lipinski definition) is 2. The predicted octanol–water partition coefficient (Wildman–Crippen LogP) is 2.84. The van der Waals surface area contributed by atoms with Crippen molar-refractivity contribution in [3.05, 3.63) is 28.8 Å². The van der Waals surface area contributed by atoms with E-state index in [1.165, 1.54) is 0 Å². The summed E-state index contributed by atoms with van der Waals surface area (Å²) in [4.78, 5) is 12.0. The van der Waals surface area contributed by atoms with Gasteiger partial charge in [-0.25, -0.2) is 0 Å². The maximum absolute atomic E-state index is 12.0. The average Bonchev–Trinajstić information content (AvgIpc) is 2.28. The second kappa shape index (κ2) is 6.28. The maximum atomic E-state index is 12.0. The molecule has 0 heterocycles. The van der Waals surface area contributed by atoms with E-state index in [2.05, 4.69) is 12.2 Å². The molecule has 3 heteroatoms. The van der Waals surface area contributed by atoms with E-state index in [1.807, 2.05) is 26.0 Å². The van der Waals surface area contributed by atoms with Gasteiger partial charge in [0.1, 0.15) is 5.75 Å². The molecule has 0 fully saturated rings. The van der Waals surface area contributed by atoms with Crippen molar-refractivity contribution in [1.29, 1.82) is 0 Å². The highest BCUT2D eigenvalue weighted by molar-refractivity contribution is 5.97. The molecule has 0 radical (unpaired) electrons. The minimum atomic E-state index is -0.0536. The summed E-state index contributed by atoms with van der Waals surface area (Å²) in [5.74, 6) is 0.617. The smallest absolute Gasteiger partial charge is 0.255 e. The molecule has 0 aromatic heterocycles. The van der Waals surface area contributed by atoms with Crippen LogP contribution in [0.1, 0.15) is 41.3 Å². The molecule has 1 N–H and O–H groups in total. The van der Waals surface area contributed by atoms with Gasteiger partial charge in [-0.15, -0.1) is 0 Å². The highest BCUT2D eigenvalue weighted by atomic mass is 16.5. The van der Waals surface area contributed by atoms with Gasteiger partial charge in [-0.1, -0.05) is 19.4 Å². The Morgan fingerprint density at radius 1 is 1.35 bits per heavy atom. The van der Waals surface area contributed by atoms with Gasteiger partial charge >= 0.3 is 0 Å². The lowest BCUT2D eigenvalue weighted by Crippen LogP contribution is -2.25. The average molecular weight is 235 g/mol. The molecule has 0 spiro atoms. The lowest BCUT2D eigenvalue weighted by atomic mass is 10.0. The highest BCUT2D eigenvalue weighted by Crippen LogP contribution is 2.24. The van der Waals surface area contributed by atoms with E-state index in [9.17, 15) is 4.79 Å². The Hall–Kier alpha value is -1.51. The Labute approximate surface area is 103 Å². The molecular formula is C14H21NO2. The van der Waals surface area contributed by atoms with E-state index in [1.54, 1.807) is 7.11 Å². The fourth-order valence-corrected chi connectivity index (χ4v) is 1.87. The topological polar surface area (TPSA) is 38.3 Å². The summed E-state index contributed by atoms with van der Waals surface area (Å²) in [6.07, 6.45) is 2.07. The minimum absolute atomic E-state index is 0.0536. The summed E-state index contributed by atoms with van der Waals surface area (Å²) < 4.78 is 5.30. The zero-order chi connectivity index (χ0) is 12.8. The fraction of sp³-hybridized carbons (Fsp3) is 0.500. The van der Waals surface area contributed by atoms with Crippen LogP contribution in [0.15, 0.2) is 12.1 Å². The molecule has 3 nitrogen and oxygen atoms in total. The van der Waals surface area contributed by atoms with Crippen LogP contribution in [0.25, 0.3) is 0 Å². The SMILES string of the molecule is CCCCNC(=O)c1cc(C)cc(C)c1OC. The van der Waals surface area contributed by atoms with Crippen molar-refractivity contribution in [1.82, 2.24) is 5.32 Å². The van der Waals surface area contributed by atoms with Crippen molar-refractivity contribution >= 4 is 5.91 Å². The zero-order valence-electron chi connectivity index (χ0n) is 11.1. The van der Waals surface area contributed by atoms with E-state index in [0.29, 0.717) is 17.9 Å². The van der Waals surface area contributed by atoms with Gasteiger partial charge in [-0.2, -0.15) is 0 Å². The third kappa shape index (κ3) is 3.48. The molecule has 94 valence electrons. The van der Waals surface area contributed by atoms with Crippen molar-refractivity contribution < 1.29 is 9.53 Å². The van der Waals surface area contributed by atoms with Crippen molar-refractivity contribution in [3.8, 4) is 5.75 Å². The second-order valence-electron chi connectivity index (χ2n) is 4.27. The molecule has 0 saturated heterocycles. The number of benzene rings is 1. The standard InChI is InChI=1S/C14H21NO2/c1-5-6-7-15-14(16)12-9-10(2)8-11(3)13(12)17-4/h8-9H,5-7H2,1-4H3,(H,15,16). The lowest BCUT2D eigenvalue weighted by molar-refractivity contribution is 0.0950. The number of hydrogen-bond donors (Lipinski definition) is 1. The van der Waals surface area contributed by atoms with Gasteiger partial charge in [0.2, 0.25) is 0 Å². The number of methoxy groups -OCH3 is 1. The Morgan fingerprint density at radius 3 is 2.65 bits per heavy atom. The number of unbranched alkanes of at least 4 members (excludes halogenated alkanes) is 1. The van der Waals surface area contributed by atoms with Crippen molar-refractivity contribution in [2.45, 2.75) is 33.6 Å². The quantitative estimate of drug-likeness (QED) is 0.797. The summed E-state index contributed by atoms with van der Waals surface area (Å²) in [6.45, 7) is 6.75. The van der Waals surface area contributed by atoms with Crippen molar-refractivity contribution in [3.63, 3.8) is 0 Å². The molecule has 0 aliphatic carbocycles. The molecule has 1 aromatic carbocycles. The van der Waals surface area contributed by atoms with E-state index in [4.69, 9.17) is 4.74 Å². The summed E-state index contributed by atoms with van der Waals surface area (Å²) in [7, 11) is 1.60. The highest BCUT2D eigenvalue weighted by Gasteiger charge is 2.14. The van der Waals surface area contributed by atoms with Gasteiger partial charge in [0.15, 0.2) is 0 Å². The first kappa shape index (κ1) is 13.6. The zero-order valence-corrected chi connectivity index (χ0v) is 11.1. The Balaban J connectivity index is 2.91. The number of aryl methyl sites for hydroxylation is 2. The Bertz CT molecular complexity index is 399. The molecule has 0 atom stereocenters. The normalized spacial score (nSPS) is 10.1. The molecule has 1 aromatic rings. The molecular weight excluding hydrogens is 214 g/mol. The minimum Gasteiger partial charge on any atom is -0.496 e. The van der Waals surface area contributed by atoms with Crippen molar-refractivity contribution in [2.24, 2.45) is 0 Å². The third-order valence-corrected chi connectivity index (χ3v) is 2.68. The first-order valence-corrected chi connectivity index (χ1v) is 6.03. The van der Waals surface area contributed by atoms with Gasteiger partial charge in [0, 0.05) is 6.54 Å². The molecule has 17 heavy (non-hydrogen) atoms. The number of carbonyl (C=O) groups is 1. The van der Waals surface area contributed by atoms with Crippen LogP contribution in [0, 0.1) is 13.8 Å². The largest absolute Gasteiger partial charge is 0.496 e. The van der Waals surface area contributed by atoms with Crippen LogP contribution in [0.2, 0.25) is 0 Å². The van der Waals surface area contributed by atoms with Gasteiger partial charge in [-0.3, -0.25) is 4.79 Å². The van der Waals surface area contributed by atoms with Gasteiger partial charge in [0.05, 0.1) is 12.7 Å². The predicted molar refractivity (Wildman–Crippen MR) is 69.7 cm³/mol. The maximum Gasteiger partial charge on any atom is 0.255 e. The second-order valence-corrected chi connectivity index (χ2v) is 4.27. The van der Waals surface area contributed by atoms with Crippen molar-refractivity contribution in [2.75, 3.05) is 13.7 Å². The third-order valence-electron chi connectivity index (χ3n) is 2.68. The number of nitrogens with one attached hydrogen (secondary N) is 1. The van der Waals surface area contributed by atoms with Crippen LogP contribution in [-0.4, -0.2) is 19.6 Å². The Kier molecular flexibility index (Phi) is 5.01. The van der Waals surface area contributed by atoms with Crippen LogP contribution in [0.4, 0.5) is 0 Å². The molecule has 0 aliphatic rings. The van der Waals surface area contributed by atoms with Crippen LogP contribution in [0.3, 0.4) is 0 Å². The molecule has 1 rings (SSSR count). The number of carbonyl (C=O) groups excluding carboxylic acids is 1. The number of amides is 1. The lowest BCUT2D eigenvalue weighted by Gasteiger charge is -2.12. The van der Waals surface area contributed by atoms with E-state index in [0.717, 1.165) is 24.0 Å². The summed E-state index contributed by atoms with van der Waals surface area (Å²) in [5, 5.41) is 2.91. The van der Waals surface area contributed by atoms with Crippen LogP contribution in [-0.2, 0) is 0 Å². The van der Waals surface area contributed by atoms with Crippen LogP contribution < -0.4 is 10.1 Å². The molecule has 0 unspecified atom stereocenters. The van der Waals surface area contributed by atoms with E-state index in [-0.39, 0.29) is 5.91 Å². The van der Waals surface area contributed by atoms with Gasteiger partial charge in [0.25, 0.3) is 5.91 Å². The first-order valence-electron chi connectivity index (χ1n) is 6.03. The van der Waals surface area contributed by atoms with Gasteiger partial charge < -0.3 is 10.1 Å². The van der Waals surface area contributed by atoms with Gasteiger partial charge in [-0.05, 0) is 37.5 Å². The van der Waals surface area contributed by atoms with E-state index >= 15 is 0 Å².